The van der Waals surface area contributed by atoms with E-state index in [1.54, 1.807) is 37.3 Å². The van der Waals surface area contributed by atoms with Crippen molar-refractivity contribution in [3.8, 4) is 29.4 Å². The summed E-state index contributed by atoms with van der Waals surface area (Å²) in [6, 6.07) is 9.34. The van der Waals surface area contributed by atoms with E-state index in [4.69, 9.17) is 35.6 Å². The highest BCUT2D eigenvalue weighted by Crippen LogP contribution is 2.45. The third-order valence-corrected chi connectivity index (χ3v) is 7.98. The highest BCUT2D eigenvalue weighted by atomic mass is 35.5. The van der Waals surface area contributed by atoms with Crippen molar-refractivity contribution in [2.24, 2.45) is 5.92 Å². The molecule has 3 nitrogen and oxygen atoms in total. The van der Waals surface area contributed by atoms with Gasteiger partial charge in [0.2, 0.25) is 0 Å². The Balaban J connectivity index is 1.73. The summed E-state index contributed by atoms with van der Waals surface area (Å²) in [5.41, 5.74) is 3.41. The Kier molecular flexibility index (Phi) is 8.26. The predicted molar refractivity (Wildman–Crippen MR) is 155 cm³/mol. The molecule has 1 atom stereocenters. The van der Waals surface area contributed by atoms with Crippen LogP contribution in [0.2, 0.25) is 5.02 Å². The van der Waals surface area contributed by atoms with Gasteiger partial charge in [0.1, 0.15) is 19.4 Å². The number of hydrogen-bond donors (Lipinski definition) is 0. The van der Waals surface area contributed by atoms with Crippen molar-refractivity contribution in [1.82, 2.24) is 4.98 Å². The zero-order valence-corrected chi connectivity index (χ0v) is 23.8. The Morgan fingerprint density at radius 1 is 1.30 bits per heavy atom. The minimum absolute atomic E-state index is 0.0536. The number of hydrogen-bond acceptors (Lipinski definition) is 4. The second-order valence-electron chi connectivity index (χ2n) is 10.4. The summed E-state index contributed by atoms with van der Waals surface area (Å²) in [6.45, 7) is 9.94. The summed E-state index contributed by atoms with van der Waals surface area (Å²) in [5.74, 6) is 3.91. The molecule has 1 aromatic heterocycles. The number of anilines is 1. The van der Waals surface area contributed by atoms with Crippen molar-refractivity contribution in [3.05, 3.63) is 62.7 Å². The second kappa shape index (κ2) is 11.1. The van der Waals surface area contributed by atoms with Crippen LogP contribution >= 0.6 is 22.9 Å². The van der Waals surface area contributed by atoms with Gasteiger partial charge in [-0.3, -0.25) is 0 Å². The molecule has 2 aromatic carbocycles. The summed E-state index contributed by atoms with van der Waals surface area (Å²) in [6.07, 6.45) is 9.81. The van der Waals surface area contributed by atoms with Crippen molar-refractivity contribution in [2.75, 3.05) is 11.4 Å². The zero-order valence-electron chi connectivity index (χ0n) is 22.2. The number of thiazole rings is 1. The van der Waals surface area contributed by atoms with E-state index in [1.165, 1.54) is 12.8 Å². The summed E-state index contributed by atoms with van der Waals surface area (Å²) in [4.78, 5) is 8.22. The lowest BCUT2D eigenvalue weighted by atomic mass is 9.85. The molecule has 7 heteroatoms. The van der Waals surface area contributed by atoms with Crippen molar-refractivity contribution in [1.29, 1.82) is 0 Å². The minimum Gasteiger partial charge on any atom is -0.498 e. The molecule has 0 bridgehead atoms. The van der Waals surface area contributed by atoms with Gasteiger partial charge in [-0.05, 0) is 81.3 Å². The number of ether oxygens (including phenoxy) is 1. The first-order chi connectivity index (χ1) is 17.5. The third kappa shape index (κ3) is 6.51. The van der Waals surface area contributed by atoms with Crippen molar-refractivity contribution >= 4 is 35.9 Å². The van der Waals surface area contributed by atoms with E-state index in [-0.39, 0.29) is 11.9 Å². The number of aryl methyl sites for hydroxylation is 3. The Hall–Kier alpha value is -2.49. The Labute approximate surface area is 230 Å². The van der Waals surface area contributed by atoms with E-state index in [0.29, 0.717) is 29.7 Å². The van der Waals surface area contributed by atoms with Crippen LogP contribution in [0.4, 0.5) is 9.52 Å². The van der Waals surface area contributed by atoms with Crippen LogP contribution in [0.3, 0.4) is 0 Å². The highest BCUT2D eigenvalue weighted by molar-refractivity contribution is 7.16. The Morgan fingerprint density at radius 3 is 2.62 bits per heavy atom. The van der Waals surface area contributed by atoms with Crippen molar-refractivity contribution < 1.29 is 9.13 Å². The summed E-state index contributed by atoms with van der Waals surface area (Å²) >= 11 is 8.31. The largest absolute Gasteiger partial charge is 0.498 e. The Bertz CT molecular complexity index is 1320. The number of nitrogens with zero attached hydrogens (tertiary/aromatic N) is 2. The first-order valence-electron chi connectivity index (χ1n) is 12.7. The number of aromatic nitrogens is 1. The molecule has 1 fully saturated rings. The number of terminal acetylenes is 1. The van der Waals surface area contributed by atoms with Crippen molar-refractivity contribution in [3.63, 3.8) is 0 Å². The highest BCUT2D eigenvalue weighted by Gasteiger charge is 2.32. The van der Waals surface area contributed by atoms with Crippen molar-refractivity contribution in [2.45, 2.75) is 71.8 Å². The fourth-order valence-electron chi connectivity index (χ4n) is 4.57. The first kappa shape index (κ1) is 27.5. The van der Waals surface area contributed by atoms with Gasteiger partial charge < -0.3 is 9.64 Å². The molecule has 0 saturated heterocycles. The molecule has 1 saturated carbocycles. The van der Waals surface area contributed by atoms with Crippen LogP contribution in [0, 0.1) is 37.9 Å². The topological polar surface area (TPSA) is 25.4 Å². The lowest BCUT2D eigenvalue weighted by Crippen LogP contribution is -2.29. The summed E-state index contributed by atoms with van der Waals surface area (Å²) in [5, 5.41) is 1.35. The lowest BCUT2D eigenvalue weighted by Gasteiger charge is -2.31. The van der Waals surface area contributed by atoms with Gasteiger partial charge >= 0.3 is 0 Å². The molecule has 0 aliphatic heterocycles. The van der Waals surface area contributed by atoms with E-state index in [2.05, 4.69) is 10.8 Å². The number of rotatable bonds is 10. The molecule has 0 spiro atoms. The number of benzene rings is 2. The molecule has 37 heavy (non-hydrogen) atoms. The molecule has 1 heterocycles. The van der Waals surface area contributed by atoms with Crippen LogP contribution in [-0.2, 0) is 6.42 Å². The maximum atomic E-state index is 14.8. The molecular weight excluding hydrogens is 502 g/mol. The second-order valence-corrected chi connectivity index (χ2v) is 12.0. The van der Waals surface area contributed by atoms with Crippen LogP contribution < -0.4 is 9.64 Å². The van der Waals surface area contributed by atoms with E-state index >= 15 is 0 Å². The molecule has 0 amide bonds. The van der Waals surface area contributed by atoms with E-state index in [1.807, 2.05) is 39.0 Å². The van der Waals surface area contributed by atoms with Crippen LogP contribution in [0.15, 0.2) is 30.3 Å². The lowest BCUT2D eigenvalue weighted by molar-refractivity contribution is 0.197. The van der Waals surface area contributed by atoms with Gasteiger partial charge in [0.25, 0.3) is 0 Å². The molecule has 192 valence electrons. The molecule has 1 unspecified atom stereocenters. The first-order valence-corrected chi connectivity index (χ1v) is 13.9. The van der Waals surface area contributed by atoms with Gasteiger partial charge in [0.15, 0.2) is 5.13 Å². The maximum Gasteiger partial charge on any atom is 0.187 e. The molecule has 1 aliphatic rings. The molecule has 1 aliphatic carbocycles. The van der Waals surface area contributed by atoms with Gasteiger partial charge in [-0.25, -0.2) is 9.37 Å². The smallest absolute Gasteiger partial charge is 0.187 e. The van der Waals surface area contributed by atoms with Gasteiger partial charge in [-0.1, -0.05) is 49.4 Å². The molecule has 3 aromatic rings. The molecule has 2 radical (unpaired) electrons. The number of halogens is 2. The molecule has 0 N–H and O–H groups in total. The quantitative estimate of drug-likeness (QED) is 0.194. The summed E-state index contributed by atoms with van der Waals surface area (Å²) < 4.78 is 20.7. The summed E-state index contributed by atoms with van der Waals surface area (Å²) in [7, 11) is 6.04. The standard InChI is InChI=1S/C30H33BClFN2OS/c1-7-13-35(26(15-20-9-10-20)22-12-11-21(8-2)25(33)16-22)29-34-28(19(4)37-29)23-14-18(3)27(17-24(23)32)36-30(5,6)31/h1,11-12,14,16-17,20,26H,8-10,13,15H2,2-6H3. The molecule has 4 rings (SSSR count). The van der Waals surface area contributed by atoms with Gasteiger partial charge in [0.05, 0.1) is 28.8 Å². The Morgan fingerprint density at radius 2 is 2.03 bits per heavy atom. The minimum atomic E-state index is -0.819. The van der Waals surface area contributed by atoms with Crippen LogP contribution in [0.5, 0.6) is 5.75 Å². The predicted octanol–water partition coefficient (Wildman–Crippen LogP) is 8.05. The van der Waals surface area contributed by atoms with Gasteiger partial charge in [-0.2, -0.15) is 0 Å². The fraction of sp³-hybridized carbons (Fsp3) is 0.433. The van der Waals surface area contributed by atoms with Gasteiger partial charge in [0, 0.05) is 10.4 Å². The average Bonchev–Trinajstić information content (AvgIpc) is 3.57. The SMILES string of the molecule is [B]C(C)(C)Oc1cc(Cl)c(-c2nc(N(CC#C)C(CC3CC3)c3ccc(CC)c(F)c3)sc2C)cc1C. The third-order valence-electron chi connectivity index (χ3n) is 6.66. The zero-order chi connectivity index (χ0) is 26.9. The van der Waals surface area contributed by atoms with Crippen LogP contribution in [0.1, 0.15) is 67.6 Å². The normalized spacial score (nSPS) is 14.3. The molecular formula is C30H33BClFN2OS. The van der Waals surface area contributed by atoms with E-state index in [0.717, 1.165) is 44.4 Å². The monoisotopic (exact) mass is 534 g/mol. The fourth-order valence-corrected chi connectivity index (χ4v) is 5.79. The van der Waals surface area contributed by atoms with E-state index in [9.17, 15) is 4.39 Å². The van der Waals surface area contributed by atoms with E-state index < -0.39 is 5.50 Å². The van der Waals surface area contributed by atoms with Gasteiger partial charge in [-0.15, -0.1) is 17.8 Å². The van der Waals surface area contributed by atoms with Crippen LogP contribution in [0.25, 0.3) is 11.3 Å². The van der Waals surface area contributed by atoms with Crippen LogP contribution in [-0.4, -0.2) is 24.9 Å². The average molecular weight is 535 g/mol. The maximum absolute atomic E-state index is 14.8.